The van der Waals surface area contributed by atoms with Gasteiger partial charge in [-0.2, -0.15) is 21.6 Å². The molecule has 0 radical (unpaired) electrons. The third-order valence-corrected chi connectivity index (χ3v) is 5.48. The van der Waals surface area contributed by atoms with E-state index in [0.717, 1.165) is 12.1 Å². The maximum Gasteiger partial charge on any atom is 0.416 e. The summed E-state index contributed by atoms with van der Waals surface area (Å²) in [7, 11) is -4.02. The molecule has 162 valence electrons. The lowest BCUT2D eigenvalue weighted by Crippen LogP contribution is -2.24. The van der Waals surface area contributed by atoms with Crippen LogP contribution in [0.4, 0.5) is 24.5 Å². The lowest BCUT2D eigenvalue weighted by atomic mass is 10.1. The Kier molecular flexibility index (Phi) is 5.99. The number of alkyl halides is 3. The molecule has 31 heavy (non-hydrogen) atoms. The van der Waals surface area contributed by atoms with Crippen LogP contribution in [0.25, 0.3) is 10.9 Å². The minimum Gasteiger partial charge on any atom is -0.369 e. The standard InChI is InChI=1S/C18H15F3N6O2S2/c19-18(20,21)10-1-6-13-14(7-8-24-15(13)9-10)26-17(30)25-11-2-4-12(5-3-11)31(28,29)27-16(22)23/h1-9H,(H4,22,23,27)(H2,24,25,26,30). The number of rotatable bonds is 4. The van der Waals surface area contributed by atoms with Crippen LogP contribution in [0.1, 0.15) is 5.56 Å². The van der Waals surface area contributed by atoms with E-state index in [1.54, 1.807) is 6.07 Å². The minimum absolute atomic E-state index is 0.120. The Labute approximate surface area is 180 Å². The molecule has 2 aromatic carbocycles. The molecule has 0 bridgehead atoms. The van der Waals surface area contributed by atoms with Gasteiger partial charge in [-0.1, -0.05) is 6.07 Å². The van der Waals surface area contributed by atoms with Crippen LogP contribution in [-0.4, -0.2) is 24.5 Å². The molecular formula is C18H15F3N6O2S2. The largest absolute Gasteiger partial charge is 0.416 e. The average molecular weight is 468 g/mol. The summed E-state index contributed by atoms with van der Waals surface area (Å²) >= 11 is 5.23. The molecule has 3 rings (SSSR count). The monoisotopic (exact) mass is 468 g/mol. The molecule has 0 aliphatic heterocycles. The second-order valence-corrected chi connectivity index (χ2v) is 8.20. The summed E-state index contributed by atoms with van der Waals surface area (Å²) in [5.74, 6) is -0.584. The number of hydrogen-bond acceptors (Lipinski definition) is 4. The van der Waals surface area contributed by atoms with Gasteiger partial charge < -0.3 is 22.1 Å². The second kappa shape index (κ2) is 8.35. The first-order valence-electron chi connectivity index (χ1n) is 8.46. The number of nitrogens with one attached hydrogen (secondary N) is 2. The second-order valence-electron chi connectivity index (χ2n) is 6.18. The van der Waals surface area contributed by atoms with Crippen molar-refractivity contribution in [2.45, 2.75) is 11.1 Å². The van der Waals surface area contributed by atoms with E-state index in [0.29, 0.717) is 16.8 Å². The molecule has 0 aliphatic rings. The highest BCUT2D eigenvalue weighted by molar-refractivity contribution is 7.90. The Balaban J connectivity index is 1.77. The Morgan fingerprint density at radius 1 is 1.03 bits per heavy atom. The fourth-order valence-electron chi connectivity index (χ4n) is 2.62. The number of halogens is 3. The normalized spacial score (nSPS) is 11.7. The summed E-state index contributed by atoms with van der Waals surface area (Å²) in [6.45, 7) is 0. The summed E-state index contributed by atoms with van der Waals surface area (Å²) in [6.07, 6.45) is -3.12. The van der Waals surface area contributed by atoms with Crippen molar-refractivity contribution >= 4 is 55.6 Å². The van der Waals surface area contributed by atoms with Crippen molar-refractivity contribution in [1.29, 1.82) is 0 Å². The summed E-state index contributed by atoms with van der Waals surface area (Å²) in [5.41, 5.74) is 10.5. The van der Waals surface area contributed by atoms with Gasteiger partial charge in [0.2, 0.25) is 5.96 Å². The molecule has 6 N–H and O–H groups in total. The van der Waals surface area contributed by atoms with Crippen LogP contribution >= 0.6 is 12.2 Å². The topological polar surface area (TPSA) is 135 Å². The molecule has 0 fully saturated rings. The van der Waals surface area contributed by atoms with Gasteiger partial charge in [-0.15, -0.1) is 4.40 Å². The molecule has 0 amide bonds. The highest BCUT2D eigenvalue weighted by atomic mass is 32.2. The zero-order valence-electron chi connectivity index (χ0n) is 15.5. The molecule has 1 heterocycles. The van der Waals surface area contributed by atoms with Crippen LogP contribution in [0.3, 0.4) is 0 Å². The molecule has 0 atom stereocenters. The molecule has 0 saturated heterocycles. The van der Waals surface area contributed by atoms with Gasteiger partial charge in [0, 0.05) is 17.3 Å². The van der Waals surface area contributed by atoms with Gasteiger partial charge in [0.05, 0.1) is 21.7 Å². The number of thiocarbonyl (C=S) groups is 1. The number of anilines is 2. The van der Waals surface area contributed by atoms with Gasteiger partial charge in [0.25, 0.3) is 10.0 Å². The fraction of sp³-hybridized carbons (Fsp3) is 0.0556. The van der Waals surface area contributed by atoms with Crippen molar-refractivity contribution in [2.24, 2.45) is 15.9 Å². The van der Waals surface area contributed by atoms with Crippen LogP contribution in [0.2, 0.25) is 0 Å². The highest BCUT2D eigenvalue weighted by Gasteiger charge is 2.30. The number of nitrogens with two attached hydrogens (primary N) is 2. The first kappa shape index (κ1) is 22.2. The zero-order chi connectivity index (χ0) is 22.8. The zero-order valence-corrected chi connectivity index (χ0v) is 17.1. The maximum atomic E-state index is 12.9. The third-order valence-electron chi connectivity index (χ3n) is 3.95. The molecule has 0 saturated carbocycles. The van der Waals surface area contributed by atoms with Crippen LogP contribution in [0.15, 0.2) is 64.0 Å². The summed E-state index contributed by atoms with van der Waals surface area (Å²) in [5, 5.41) is 6.31. The first-order valence-corrected chi connectivity index (χ1v) is 10.3. The van der Waals surface area contributed by atoms with Gasteiger partial charge in [0.1, 0.15) is 0 Å². The number of aromatic nitrogens is 1. The van der Waals surface area contributed by atoms with Gasteiger partial charge >= 0.3 is 6.18 Å². The molecule has 1 aromatic heterocycles. The van der Waals surface area contributed by atoms with Crippen molar-refractivity contribution in [2.75, 3.05) is 10.6 Å². The summed E-state index contributed by atoms with van der Waals surface area (Å²) in [4.78, 5) is 3.85. The fourth-order valence-corrected chi connectivity index (χ4v) is 3.71. The van der Waals surface area contributed by atoms with E-state index in [9.17, 15) is 21.6 Å². The van der Waals surface area contributed by atoms with Gasteiger partial charge in [-0.05, 0) is 54.7 Å². The van der Waals surface area contributed by atoms with Crippen molar-refractivity contribution < 1.29 is 21.6 Å². The Morgan fingerprint density at radius 3 is 2.32 bits per heavy atom. The number of guanidine groups is 1. The minimum atomic E-state index is -4.48. The average Bonchev–Trinajstić information content (AvgIpc) is 2.66. The van der Waals surface area contributed by atoms with Gasteiger partial charge in [-0.3, -0.25) is 4.98 Å². The quantitative estimate of drug-likeness (QED) is 0.261. The Bertz CT molecular complexity index is 1270. The number of nitrogens with zero attached hydrogens (tertiary/aromatic N) is 2. The van der Waals surface area contributed by atoms with E-state index in [1.807, 2.05) is 0 Å². The van der Waals surface area contributed by atoms with E-state index in [-0.39, 0.29) is 15.5 Å². The van der Waals surface area contributed by atoms with Crippen molar-refractivity contribution in [3.05, 3.63) is 60.3 Å². The molecular weight excluding hydrogens is 453 g/mol. The highest BCUT2D eigenvalue weighted by Crippen LogP contribution is 2.32. The van der Waals surface area contributed by atoms with Crippen LogP contribution in [0.5, 0.6) is 0 Å². The number of benzene rings is 2. The number of pyridine rings is 1. The lowest BCUT2D eigenvalue weighted by molar-refractivity contribution is -0.137. The predicted molar refractivity (Wildman–Crippen MR) is 116 cm³/mol. The van der Waals surface area contributed by atoms with Crippen LogP contribution < -0.4 is 22.1 Å². The smallest absolute Gasteiger partial charge is 0.369 e. The van der Waals surface area contributed by atoms with Crippen molar-refractivity contribution in [3.8, 4) is 0 Å². The summed E-state index contributed by atoms with van der Waals surface area (Å²) < 4.78 is 65.8. The molecule has 3 aromatic rings. The van der Waals surface area contributed by atoms with E-state index in [1.165, 1.54) is 36.5 Å². The Hall–Kier alpha value is -3.45. The molecule has 0 aliphatic carbocycles. The lowest BCUT2D eigenvalue weighted by Gasteiger charge is -2.13. The first-order chi connectivity index (χ1) is 14.5. The van der Waals surface area contributed by atoms with Gasteiger partial charge in [-0.25, -0.2) is 0 Å². The number of fused-ring (bicyclic) bond motifs is 1. The molecule has 0 unspecified atom stereocenters. The maximum absolute atomic E-state index is 12.9. The molecule has 13 heteroatoms. The predicted octanol–water partition coefficient (Wildman–Crippen LogP) is 3.02. The van der Waals surface area contributed by atoms with Crippen molar-refractivity contribution in [1.82, 2.24) is 4.98 Å². The number of hydrogen-bond donors (Lipinski definition) is 4. The van der Waals surface area contributed by atoms with Crippen molar-refractivity contribution in [3.63, 3.8) is 0 Å². The van der Waals surface area contributed by atoms with Gasteiger partial charge in [0.15, 0.2) is 5.11 Å². The van der Waals surface area contributed by atoms with Crippen LogP contribution in [-0.2, 0) is 16.2 Å². The van der Waals surface area contributed by atoms with E-state index in [4.69, 9.17) is 23.7 Å². The van der Waals surface area contributed by atoms with E-state index < -0.39 is 27.7 Å². The number of sulfonamides is 1. The Morgan fingerprint density at radius 2 is 1.71 bits per heavy atom. The molecule has 0 spiro atoms. The van der Waals surface area contributed by atoms with Crippen LogP contribution in [0, 0.1) is 0 Å². The van der Waals surface area contributed by atoms with E-state index >= 15 is 0 Å². The SMILES string of the molecule is NC(N)=NS(=O)(=O)c1ccc(NC(=S)Nc2ccnc3cc(C(F)(F)F)ccc23)cc1. The third kappa shape index (κ3) is 5.38. The molecule has 8 nitrogen and oxygen atoms in total. The van der Waals surface area contributed by atoms with E-state index in [2.05, 4.69) is 20.0 Å². The summed E-state index contributed by atoms with van der Waals surface area (Å²) in [6, 6.07) is 10.2.